The van der Waals surface area contributed by atoms with Crippen molar-refractivity contribution in [2.45, 2.75) is 0 Å². The average molecular weight is 442 g/mol. The zero-order valence-electron chi connectivity index (χ0n) is 17.0. The number of ketones is 1. The number of para-hydroxylation sites is 1. The fourth-order valence-corrected chi connectivity index (χ4v) is 3.93. The minimum absolute atomic E-state index is 0.128. The fraction of sp³-hybridized carbons (Fsp3) is 0.0385. The molecule has 0 saturated carbocycles. The van der Waals surface area contributed by atoms with Crippen molar-refractivity contribution in [2.75, 3.05) is 11.9 Å². The minimum atomic E-state index is -0.725. The van der Waals surface area contributed by atoms with Crippen molar-refractivity contribution >= 4 is 34.7 Å². The van der Waals surface area contributed by atoms with Gasteiger partial charge in [0.05, 0.1) is 10.4 Å². The number of anilines is 1. The van der Waals surface area contributed by atoms with Crippen LogP contribution < -0.4 is 5.32 Å². The predicted molar refractivity (Wildman–Crippen MR) is 125 cm³/mol. The van der Waals surface area contributed by atoms with Crippen molar-refractivity contribution in [3.8, 4) is 11.1 Å². The number of ether oxygens (including phenoxy) is 1. The van der Waals surface area contributed by atoms with Gasteiger partial charge in [-0.3, -0.25) is 9.59 Å². The lowest BCUT2D eigenvalue weighted by atomic mass is 10.0. The molecule has 1 aromatic heterocycles. The largest absolute Gasteiger partial charge is 0.452 e. The maximum absolute atomic E-state index is 12.7. The Bertz CT molecular complexity index is 1250. The van der Waals surface area contributed by atoms with Crippen LogP contribution >= 0.6 is 11.3 Å². The zero-order chi connectivity index (χ0) is 22.3. The van der Waals surface area contributed by atoms with E-state index in [2.05, 4.69) is 5.32 Å². The highest BCUT2D eigenvalue weighted by molar-refractivity contribution is 7.12. The van der Waals surface area contributed by atoms with Gasteiger partial charge < -0.3 is 10.1 Å². The number of carbonyl (C=O) groups excluding carboxylic acids is 3. The number of hydrogen-bond acceptors (Lipinski definition) is 5. The second kappa shape index (κ2) is 9.85. The molecule has 0 radical (unpaired) electrons. The molecule has 6 heteroatoms. The van der Waals surface area contributed by atoms with Crippen LogP contribution in [0.25, 0.3) is 11.1 Å². The summed E-state index contributed by atoms with van der Waals surface area (Å²) >= 11 is 1.30. The molecule has 1 amide bonds. The Kier molecular flexibility index (Phi) is 6.53. The monoisotopic (exact) mass is 441 g/mol. The zero-order valence-corrected chi connectivity index (χ0v) is 17.8. The number of rotatable bonds is 7. The summed E-state index contributed by atoms with van der Waals surface area (Å²) in [6.07, 6.45) is 0. The topological polar surface area (TPSA) is 72.5 Å². The van der Waals surface area contributed by atoms with E-state index in [1.54, 1.807) is 41.8 Å². The molecular formula is C26H19NO4S. The summed E-state index contributed by atoms with van der Waals surface area (Å²) in [5.74, 6) is -1.45. The van der Waals surface area contributed by atoms with E-state index in [0.717, 1.165) is 11.1 Å². The fourth-order valence-electron chi connectivity index (χ4n) is 3.26. The lowest BCUT2D eigenvalue weighted by Gasteiger charge is -2.12. The summed E-state index contributed by atoms with van der Waals surface area (Å²) in [6, 6.07) is 27.0. The van der Waals surface area contributed by atoms with E-state index >= 15 is 0 Å². The predicted octanol–water partition coefficient (Wildman–Crippen LogP) is 5.44. The third-order valence-corrected chi connectivity index (χ3v) is 5.63. The Labute approximate surface area is 189 Å². The molecular weight excluding hydrogens is 422 g/mol. The Balaban J connectivity index is 1.44. The summed E-state index contributed by atoms with van der Waals surface area (Å²) < 4.78 is 5.22. The molecule has 5 nitrogen and oxygen atoms in total. The van der Waals surface area contributed by atoms with Crippen LogP contribution in [0.1, 0.15) is 25.6 Å². The van der Waals surface area contributed by atoms with Crippen molar-refractivity contribution in [3.05, 3.63) is 112 Å². The molecule has 158 valence electrons. The molecule has 0 bridgehead atoms. The van der Waals surface area contributed by atoms with Crippen LogP contribution in [0, 0.1) is 0 Å². The van der Waals surface area contributed by atoms with Crippen molar-refractivity contribution in [2.24, 2.45) is 0 Å². The van der Waals surface area contributed by atoms with E-state index in [-0.39, 0.29) is 16.9 Å². The molecule has 0 aliphatic heterocycles. The maximum Gasteiger partial charge on any atom is 0.339 e. The highest BCUT2D eigenvalue weighted by Gasteiger charge is 2.20. The maximum atomic E-state index is 12.7. The van der Waals surface area contributed by atoms with Crippen LogP contribution in [-0.2, 0) is 9.53 Å². The van der Waals surface area contributed by atoms with Crippen LogP contribution in [0.3, 0.4) is 0 Å². The second-order valence-corrected chi connectivity index (χ2v) is 7.84. The van der Waals surface area contributed by atoms with Gasteiger partial charge in [-0.1, -0.05) is 72.8 Å². The van der Waals surface area contributed by atoms with Crippen molar-refractivity contribution < 1.29 is 19.1 Å². The summed E-state index contributed by atoms with van der Waals surface area (Å²) in [5, 5.41) is 4.59. The molecule has 0 unspecified atom stereocenters. The summed E-state index contributed by atoms with van der Waals surface area (Å²) in [5.41, 5.74) is 2.81. The van der Waals surface area contributed by atoms with E-state index in [9.17, 15) is 14.4 Å². The lowest BCUT2D eigenvalue weighted by molar-refractivity contribution is -0.119. The Hall–Kier alpha value is -4.03. The first-order chi connectivity index (χ1) is 15.6. The Morgan fingerprint density at radius 2 is 1.44 bits per heavy atom. The number of esters is 1. The first-order valence-electron chi connectivity index (χ1n) is 9.92. The molecule has 0 spiro atoms. The third-order valence-electron chi connectivity index (χ3n) is 4.76. The summed E-state index contributed by atoms with van der Waals surface area (Å²) in [4.78, 5) is 38.4. The normalized spacial score (nSPS) is 10.4. The van der Waals surface area contributed by atoms with Crippen molar-refractivity contribution in [3.63, 3.8) is 0 Å². The van der Waals surface area contributed by atoms with Gasteiger partial charge in [-0.2, -0.15) is 0 Å². The van der Waals surface area contributed by atoms with E-state index in [4.69, 9.17) is 4.74 Å². The summed E-state index contributed by atoms with van der Waals surface area (Å²) in [6.45, 7) is -0.469. The molecule has 0 atom stereocenters. The lowest BCUT2D eigenvalue weighted by Crippen LogP contribution is -2.22. The Morgan fingerprint density at radius 1 is 0.750 bits per heavy atom. The van der Waals surface area contributed by atoms with Gasteiger partial charge in [0.15, 0.2) is 6.61 Å². The molecule has 4 aromatic rings. The van der Waals surface area contributed by atoms with Gasteiger partial charge in [-0.25, -0.2) is 4.79 Å². The summed E-state index contributed by atoms with van der Waals surface area (Å²) in [7, 11) is 0. The molecule has 4 rings (SSSR count). The van der Waals surface area contributed by atoms with Crippen LogP contribution in [0.2, 0.25) is 0 Å². The standard InChI is InChI=1S/C26H19NO4S/c28-24(27-22-14-7-6-11-19(22)18-9-2-1-3-10-18)17-31-26(30)21-13-5-4-12-20(21)25(29)23-15-8-16-32-23/h1-16H,17H2,(H,27,28). The van der Waals surface area contributed by atoms with Gasteiger partial charge in [0.1, 0.15) is 0 Å². The van der Waals surface area contributed by atoms with Crippen LogP contribution in [0.4, 0.5) is 5.69 Å². The van der Waals surface area contributed by atoms with Gasteiger partial charge in [0.2, 0.25) is 5.78 Å². The average Bonchev–Trinajstić information content (AvgIpc) is 3.38. The van der Waals surface area contributed by atoms with Crippen LogP contribution in [0.5, 0.6) is 0 Å². The molecule has 0 aliphatic rings. The third kappa shape index (κ3) is 4.82. The van der Waals surface area contributed by atoms with Crippen molar-refractivity contribution in [1.82, 2.24) is 0 Å². The van der Waals surface area contributed by atoms with Gasteiger partial charge in [0.25, 0.3) is 5.91 Å². The first kappa shape index (κ1) is 21.2. The second-order valence-electron chi connectivity index (χ2n) is 6.89. The molecule has 0 saturated heterocycles. The van der Waals surface area contributed by atoms with E-state index in [0.29, 0.717) is 10.6 Å². The number of thiophene rings is 1. The number of carbonyl (C=O) groups is 3. The number of nitrogens with one attached hydrogen (secondary N) is 1. The van der Waals surface area contributed by atoms with Gasteiger partial charge in [-0.05, 0) is 29.1 Å². The highest BCUT2D eigenvalue weighted by atomic mass is 32.1. The smallest absolute Gasteiger partial charge is 0.339 e. The number of benzene rings is 3. The Morgan fingerprint density at radius 3 is 2.19 bits per heavy atom. The van der Waals surface area contributed by atoms with Gasteiger partial charge >= 0.3 is 5.97 Å². The molecule has 32 heavy (non-hydrogen) atoms. The quantitative estimate of drug-likeness (QED) is 0.306. The number of amides is 1. The molecule has 0 aliphatic carbocycles. The molecule has 1 heterocycles. The molecule has 1 N–H and O–H groups in total. The van der Waals surface area contributed by atoms with Gasteiger partial charge in [0, 0.05) is 16.8 Å². The first-order valence-corrected chi connectivity index (χ1v) is 10.8. The SMILES string of the molecule is O=C(COC(=O)c1ccccc1C(=O)c1cccs1)Nc1ccccc1-c1ccccc1. The van der Waals surface area contributed by atoms with Crippen LogP contribution in [-0.4, -0.2) is 24.3 Å². The molecule has 0 fully saturated rings. The minimum Gasteiger partial charge on any atom is -0.452 e. The van der Waals surface area contributed by atoms with E-state index in [1.807, 2.05) is 48.5 Å². The van der Waals surface area contributed by atoms with E-state index < -0.39 is 18.5 Å². The van der Waals surface area contributed by atoms with Crippen LogP contribution in [0.15, 0.2) is 96.4 Å². The number of hydrogen-bond donors (Lipinski definition) is 1. The van der Waals surface area contributed by atoms with Crippen molar-refractivity contribution in [1.29, 1.82) is 0 Å². The van der Waals surface area contributed by atoms with Gasteiger partial charge in [-0.15, -0.1) is 11.3 Å². The highest BCUT2D eigenvalue weighted by Crippen LogP contribution is 2.27. The molecule has 3 aromatic carbocycles. The van der Waals surface area contributed by atoms with E-state index in [1.165, 1.54) is 17.4 Å².